The van der Waals surface area contributed by atoms with Crippen LogP contribution in [-0.2, 0) is 23.6 Å². The molecule has 3 heterocycles. The van der Waals surface area contributed by atoms with Crippen molar-refractivity contribution in [3.05, 3.63) is 36.7 Å². The van der Waals surface area contributed by atoms with Gasteiger partial charge in [0.05, 0.1) is 19.5 Å². The van der Waals surface area contributed by atoms with Crippen molar-refractivity contribution in [2.75, 3.05) is 18.9 Å². The standard InChI is InChI=1S/C20H24N5O9P/c1-2-32-19(28)20(35(29,30)31)33-8-11-13(26)14(27)18(34-11)25-9-22-12-15(21)23-16(24-17(12)25)10-6-4-3-5-7-10/h3-7,9,11,13-14,18,20,26-27H,2,8H2,1H3,(H2,21,23,24)(H2,29,30,31)/t11-,13-,14-,18-,20?/m1/s1. The van der Waals surface area contributed by atoms with Gasteiger partial charge < -0.3 is 39.9 Å². The van der Waals surface area contributed by atoms with Gasteiger partial charge in [0.2, 0.25) is 0 Å². The normalized spacial score (nSPS) is 23.5. The molecule has 0 saturated carbocycles. The third kappa shape index (κ3) is 5.04. The van der Waals surface area contributed by atoms with Crippen molar-refractivity contribution < 1.29 is 43.6 Å². The molecule has 4 rings (SSSR count). The van der Waals surface area contributed by atoms with Gasteiger partial charge in [-0.15, -0.1) is 0 Å². The van der Waals surface area contributed by atoms with Crippen molar-refractivity contribution in [2.45, 2.75) is 37.3 Å². The van der Waals surface area contributed by atoms with E-state index in [0.29, 0.717) is 11.4 Å². The number of aromatic nitrogens is 4. The van der Waals surface area contributed by atoms with Gasteiger partial charge in [0.1, 0.15) is 23.8 Å². The van der Waals surface area contributed by atoms with E-state index in [4.69, 9.17) is 15.2 Å². The first-order valence-electron chi connectivity index (χ1n) is 10.5. The highest BCUT2D eigenvalue weighted by Gasteiger charge is 2.46. The van der Waals surface area contributed by atoms with Crippen LogP contribution in [0, 0.1) is 0 Å². The van der Waals surface area contributed by atoms with Crippen LogP contribution >= 0.6 is 7.60 Å². The number of nitrogens with zero attached hydrogens (tertiary/aromatic N) is 4. The molecule has 1 fully saturated rings. The molecular weight excluding hydrogens is 485 g/mol. The monoisotopic (exact) mass is 509 g/mol. The molecule has 6 N–H and O–H groups in total. The number of nitrogens with two attached hydrogens (primary N) is 1. The highest BCUT2D eigenvalue weighted by atomic mass is 31.2. The fraction of sp³-hybridized carbons (Fsp3) is 0.400. The largest absolute Gasteiger partial charge is 0.464 e. The number of benzene rings is 1. The SMILES string of the molecule is CCOC(=O)C(OC[C@H]1O[C@@H](n2cnc3c(N)nc(-c4ccccc4)nc32)[C@H](O)[C@@H]1O)P(=O)(O)O. The summed E-state index contributed by atoms with van der Waals surface area (Å²) in [7, 11) is -5.03. The van der Waals surface area contributed by atoms with Crippen LogP contribution in [0.5, 0.6) is 0 Å². The minimum atomic E-state index is -5.03. The zero-order valence-electron chi connectivity index (χ0n) is 18.4. The van der Waals surface area contributed by atoms with E-state index in [1.807, 2.05) is 18.2 Å². The first-order chi connectivity index (χ1) is 16.6. The van der Waals surface area contributed by atoms with Gasteiger partial charge in [-0.2, -0.15) is 0 Å². The summed E-state index contributed by atoms with van der Waals surface area (Å²) in [5, 5.41) is 21.1. The summed E-state index contributed by atoms with van der Waals surface area (Å²) < 4.78 is 28.4. The Labute approximate surface area is 198 Å². The fourth-order valence-corrected chi connectivity index (χ4v) is 4.27. The number of imidazole rings is 1. The number of hydrogen-bond acceptors (Lipinski definition) is 11. The molecule has 0 amide bonds. The molecule has 1 unspecified atom stereocenters. The average molecular weight is 509 g/mol. The first-order valence-corrected chi connectivity index (χ1v) is 12.2. The number of aliphatic hydroxyl groups is 2. The summed E-state index contributed by atoms with van der Waals surface area (Å²) >= 11 is 0. The number of ether oxygens (including phenoxy) is 3. The summed E-state index contributed by atoms with van der Waals surface area (Å²) in [5.74, 6) is -3.06. The van der Waals surface area contributed by atoms with E-state index in [1.54, 1.807) is 12.1 Å². The lowest BCUT2D eigenvalue weighted by Crippen LogP contribution is -2.36. The fourth-order valence-electron chi connectivity index (χ4n) is 3.64. The molecule has 3 aromatic rings. The molecule has 15 heteroatoms. The van der Waals surface area contributed by atoms with E-state index in [2.05, 4.69) is 19.7 Å². The molecule has 0 aliphatic carbocycles. The number of esters is 1. The Morgan fingerprint density at radius 3 is 2.60 bits per heavy atom. The minimum absolute atomic E-state index is 0.0967. The van der Waals surface area contributed by atoms with Crippen molar-refractivity contribution in [1.29, 1.82) is 0 Å². The van der Waals surface area contributed by atoms with Crippen LogP contribution in [0.15, 0.2) is 36.7 Å². The molecular formula is C20H24N5O9P. The van der Waals surface area contributed by atoms with Crippen molar-refractivity contribution in [2.24, 2.45) is 0 Å². The second-order valence-electron chi connectivity index (χ2n) is 7.70. The molecule has 1 aliphatic heterocycles. The minimum Gasteiger partial charge on any atom is -0.464 e. The number of rotatable bonds is 8. The average Bonchev–Trinajstić information content (AvgIpc) is 3.35. The smallest absolute Gasteiger partial charge is 0.365 e. The molecule has 0 spiro atoms. The van der Waals surface area contributed by atoms with Crippen LogP contribution < -0.4 is 5.73 Å². The van der Waals surface area contributed by atoms with Crippen molar-refractivity contribution in [1.82, 2.24) is 19.5 Å². The Hall–Kier alpha value is -2.97. The molecule has 1 aliphatic rings. The number of nitrogen functional groups attached to an aromatic ring is 1. The molecule has 5 atom stereocenters. The van der Waals surface area contributed by atoms with E-state index in [0.717, 1.165) is 0 Å². The number of anilines is 1. The lowest BCUT2D eigenvalue weighted by molar-refractivity contribution is -0.155. The Kier molecular flexibility index (Phi) is 7.15. The lowest BCUT2D eigenvalue weighted by Gasteiger charge is -2.20. The lowest BCUT2D eigenvalue weighted by atomic mass is 10.1. The summed E-state index contributed by atoms with van der Waals surface area (Å²) in [6.45, 7) is 0.725. The Morgan fingerprint density at radius 2 is 1.94 bits per heavy atom. The van der Waals surface area contributed by atoms with Crippen LogP contribution in [-0.4, -0.2) is 82.9 Å². The van der Waals surface area contributed by atoms with Gasteiger partial charge in [0.15, 0.2) is 23.5 Å². The van der Waals surface area contributed by atoms with E-state index in [-0.39, 0.29) is 23.6 Å². The van der Waals surface area contributed by atoms with Gasteiger partial charge in [0.25, 0.3) is 5.85 Å². The van der Waals surface area contributed by atoms with Gasteiger partial charge in [-0.25, -0.2) is 19.7 Å². The molecule has 2 aromatic heterocycles. The van der Waals surface area contributed by atoms with Gasteiger partial charge in [0, 0.05) is 5.56 Å². The number of aliphatic hydroxyl groups excluding tert-OH is 2. The summed E-state index contributed by atoms with van der Waals surface area (Å²) in [6.07, 6.45) is -4.15. The maximum atomic E-state index is 11.9. The van der Waals surface area contributed by atoms with Crippen LogP contribution in [0.25, 0.3) is 22.6 Å². The van der Waals surface area contributed by atoms with Crippen molar-refractivity contribution in [3.8, 4) is 11.4 Å². The highest BCUT2D eigenvalue weighted by molar-refractivity contribution is 7.53. The van der Waals surface area contributed by atoms with Gasteiger partial charge in [-0.3, -0.25) is 9.13 Å². The molecule has 35 heavy (non-hydrogen) atoms. The molecule has 1 saturated heterocycles. The zero-order valence-corrected chi connectivity index (χ0v) is 19.3. The Morgan fingerprint density at radius 1 is 1.23 bits per heavy atom. The molecule has 0 bridgehead atoms. The Bertz CT molecular complexity index is 1250. The van der Waals surface area contributed by atoms with E-state index >= 15 is 0 Å². The predicted molar refractivity (Wildman–Crippen MR) is 120 cm³/mol. The van der Waals surface area contributed by atoms with Crippen LogP contribution in [0.3, 0.4) is 0 Å². The van der Waals surface area contributed by atoms with Crippen molar-refractivity contribution >= 4 is 30.5 Å². The first kappa shape index (κ1) is 25.1. The number of hydrogen-bond donors (Lipinski definition) is 5. The Balaban J connectivity index is 1.58. The maximum Gasteiger partial charge on any atom is 0.365 e. The van der Waals surface area contributed by atoms with Crippen LogP contribution in [0.4, 0.5) is 5.82 Å². The third-order valence-electron chi connectivity index (χ3n) is 5.30. The van der Waals surface area contributed by atoms with Crippen LogP contribution in [0.1, 0.15) is 13.2 Å². The molecule has 0 radical (unpaired) electrons. The van der Waals surface area contributed by atoms with Crippen LogP contribution in [0.2, 0.25) is 0 Å². The number of carbonyl (C=O) groups is 1. The van der Waals surface area contributed by atoms with E-state index in [1.165, 1.54) is 17.8 Å². The number of fused-ring (bicyclic) bond motifs is 1. The molecule has 14 nitrogen and oxygen atoms in total. The van der Waals surface area contributed by atoms with Gasteiger partial charge >= 0.3 is 13.6 Å². The summed E-state index contributed by atoms with van der Waals surface area (Å²) in [6, 6.07) is 9.03. The van der Waals surface area contributed by atoms with Crippen molar-refractivity contribution in [3.63, 3.8) is 0 Å². The second-order valence-corrected chi connectivity index (χ2v) is 9.34. The predicted octanol–water partition coefficient (Wildman–Crippen LogP) is -0.222. The third-order valence-corrected chi connectivity index (χ3v) is 6.27. The highest BCUT2D eigenvalue weighted by Crippen LogP contribution is 2.43. The second kappa shape index (κ2) is 9.95. The topological polar surface area (TPSA) is 212 Å². The summed E-state index contributed by atoms with van der Waals surface area (Å²) in [5.41, 5.74) is 7.22. The van der Waals surface area contributed by atoms with Gasteiger partial charge in [-0.1, -0.05) is 30.3 Å². The number of carbonyl (C=O) groups excluding carboxylic acids is 1. The molecule has 1 aromatic carbocycles. The van der Waals surface area contributed by atoms with E-state index < -0.39 is 50.6 Å². The van der Waals surface area contributed by atoms with E-state index in [9.17, 15) is 29.4 Å². The molecule has 188 valence electrons. The quantitative estimate of drug-likeness (QED) is 0.196. The van der Waals surface area contributed by atoms with Gasteiger partial charge in [-0.05, 0) is 6.92 Å². The zero-order chi connectivity index (χ0) is 25.3. The summed E-state index contributed by atoms with van der Waals surface area (Å²) in [4.78, 5) is 43.7. The maximum absolute atomic E-state index is 11.9.